The Labute approximate surface area is 197 Å². The molecule has 1 fully saturated rings. The lowest BCUT2D eigenvalue weighted by atomic mass is 9.95. The third-order valence-corrected chi connectivity index (χ3v) is 6.73. The molecule has 0 atom stereocenters. The number of nitrogens with zero attached hydrogens (tertiary/aromatic N) is 1. The van der Waals surface area contributed by atoms with Gasteiger partial charge in [-0.25, -0.2) is 4.79 Å². The molecule has 2 aromatic carbocycles. The lowest BCUT2D eigenvalue weighted by molar-refractivity contribution is 0.0928. The zero-order valence-corrected chi connectivity index (χ0v) is 19.7. The smallest absolute Gasteiger partial charge is 0.319 e. The summed E-state index contributed by atoms with van der Waals surface area (Å²) in [5.41, 5.74) is 4.88. The van der Waals surface area contributed by atoms with Crippen molar-refractivity contribution in [2.75, 3.05) is 23.3 Å². The topological polar surface area (TPSA) is 73.5 Å². The molecule has 0 radical (unpaired) electrons. The molecule has 0 saturated heterocycles. The Kier molecular flexibility index (Phi) is 7.87. The lowest BCUT2D eigenvalue weighted by Gasteiger charge is -2.32. The van der Waals surface area contributed by atoms with Crippen molar-refractivity contribution in [2.45, 2.75) is 70.9 Å². The van der Waals surface area contributed by atoms with Crippen molar-refractivity contribution in [1.82, 2.24) is 10.6 Å². The van der Waals surface area contributed by atoms with Crippen LogP contribution >= 0.6 is 0 Å². The molecule has 3 N–H and O–H groups in total. The fraction of sp³-hybridized carbons (Fsp3) is 0.481. The van der Waals surface area contributed by atoms with Crippen LogP contribution < -0.4 is 20.9 Å². The highest BCUT2D eigenvalue weighted by Crippen LogP contribution is 2.30. The number of nitrogens with one attached hydrogen (secondary N) is 3. The van der Waals surface area contributed by atoms with Crippen LogP contribution in [0.1, 0.15) is 73.4 Å². The average Bonchev–Trinajstić information content (AvgIpc) is 2.84. The number of rotatable bonds is 7. The molecule has 2 aliphatic rings. The number of benzene rings is 2. The summed E-state index contributed by atoms with van der Waals surface area (Å²) in [4.78, 5) is 28.0. The van der Waals surface area contributed by atoms with Gasteiger partial charge in [0.05, 0.1) is 5.56 Å². The molecular weight excluding hydrogens is 412 g/mol. The maximum atomic E-state index is 13.4. The Bertz CT molecular complexity index is 968. The maximum Gasteiger partial charge on any atom is 0.319 e. The van der Waals surface area contributed by atoms with Gasteiger partial charge < -0.3 is 20.9 Å². The Balaban J connectivity index is 1.55. The van der Waals surface area contributed by atoms with Gasteiger partial charge in [0.2, 0.25) is 0 Å². The van der Waals surface area contributed by atoms with E-state index in [0.717, 1.165) is 50.9 Å². The van der Waals surface area contributed by atoms with Gasteiger partial charge >= 0.3 is 6.03 Å². The molecular formula is C27H36N4O2. The number of fused-ring (bicyclic) bond motifs is 1. The molecule has 176 valence electrons. The largest absolute Gasteiger partial charge is 0.366 e. The van der Waals surface area contributed by atoms with E-state index in [4.69, 9.17) is 0 Å². The highest BCUT2D eigenvalue weighted by atomic mass is 16.2. The first-order chi connectivity index (χ1) is 16.1. The summed E-state index contributed by atoms with van der Waals surface area (Å²) in [6.45, 7) is 4.38. The van der Waals surface area contributed by atoms with Crippen LogP contribution in [-0.2, 0) is 13.0 Å². The molecule has 6 nitrogen and oxygen atoms in total. The predicted molar refractivity (Wildman–Crippen MR) is 134 cm³/mol. The van der Waals surface area contributed by atoms with Crippen molar-refractivity contribution in [1.29, 1.82) is 0 Å². The van der Waals surface area contributed by atoms with Gasteiger partial charge in [-0.15, -0.1) is 0 Å². The Morgan fingerprint density at radius 1 is 1.03 bits per heavy atom. The minimum Gasteiger partial charge on any atom is -0.366 e. The zero-order valence-electron chi connectivity index (χ0n) is 19.7. The SMILES string of the molecule is CCCCNC(=O)Nc1ccc(N2CCc3ccccc3C2)c(C(=O)NC2CCCCC2)c1. The van der Waals surface area contributed by atoms with Crippen LogP contribution in [0.25, 0.3) is 0 Å². The van der Waals surface area contributed by atoms with Gasteiger partial charge in [-0.05, 0) is 55.0 Å². The predicted octanol–water partition coefficient (Wildman–Crippen LogP) is 5.23. The number of hydrogen-bond donors (Lipinski definition) is 3. The van der Waals surface area contributed by atoms with E-state index in [2.05, 4.69) is 52.0 Å². The van der Waals surface area contributed by atoms with Crippen molar-refractivity contribution in [3.8, 4) is 0 Å². The fourth-order valence-corrected chi connectivity index (χ4v) is 4.84. The molecule has 0 bridgehead atoms. The molecule has 1 aliphatic carbocycles. The number of amides is 3. The first-order valence-corrected chi connectivity index (χ1v) is 12.5. The standard InChI is InChI=1S/C27H36N4O2/c1-2-3-16-28-27(33)30-23-13-14-25(31-17-15-20-9-7-8-10-21(20)19-31)24(18-23)26(32)29-22-11-5-4-6-12-22/h7-10,13-14,18,22H,2-6,11-12,15-17,19H2,1H3,(H,29,32)(H2,28,30,33). The normalized spacial score (nSPS) is 16.1. The number of hydrogen-bond acceptors (Lipinski definition) is 3. The molecule has 0 spiro atoms. The van der Waals surface area contributed by atoms with Crippen LogP contribution in [0.5, 0.6) is 0 Å². The molecule has 0 aromatic heterocycles. The van der Waals surface area contributed by atoms with Gasteiger partial charge in [-0.2, -0.15) is 0 Å². The lowest BCUT2D eigenvalue weighted by Crippen LogP contribution is -2.38. The molecule has 4 rings (SSSR count). The quantitative estimate of drug-likeness (QED) is 0.508. The number of carbonyl (C=O) groups excluding carboxylic acids is 2. The van der Waals surface area contributed by atoms with Crippen LogP contribution in [0.2, 0.25) is 0 Å². The third kappa shape index (κ3) is 6.06. The van der Waals surface area contributed by atoms with E-state index < -0.39 is 0 Å². The third-order valence-electron chi connectivity index (χ3n) is 6.73. The summed E-state index contributed by atoms with van der Waals surface area (Å²) in [6.07, 6.45) is 8.58. The second-order valence-corrected chi connectivity index (χ2v) is 9.22. The van der Waals surface area contributed by atoms with E-state index in [-0.39, 0.29) is 18.0 Å². The van der Waals surface area contributed by atoms with Crippen molar-refractivity contribution in [3.05, 3.63) is 59.2 Å². The van der Waals surface area contributed by atoms with Crippen molar-refractivity contribution < 1.29 is 9.59 Å². The maximum absolute atomic E-state index is 13.4. The van der Waals surface area contributed by atoms with E-state index in [0.29, 0.717) is 17.8 Å². The second kappa shape index (κ2) is 11.2. The van der Waals surface area contributed by atoms with Gasteiger partial charge in [0.15, 0.2) is 0 Å². The van der Waals surface area contributed by atoms with Gasteiger partial charge in [0.1, 0.15) is 0 Å². The summed E-state index contributed by atoms with van der Waals surface area (Å²) in [7, 11) is 0. The van der Waals surface area contributed by atoms with Crippen LogP contribution in [0.4, 0.5) is 16.2 Å². The van der Waals surface area contributed by atoms with Crippen molar-refractivity contribution in [2.24, 2.45) is 0 Å². The average molecular weight is 449 g/mol. The van der Waals surface area contributed by atoms with E-state index in [9.17, 15) is 9.59 Å². The second-order valence-electron chi connectivity index (χ2n) is 9.22. The van der Waals surface area contributed by atoms with Crippen LogP contribution in [-0.4, -0.2) is 31.1 Å². The summed E-state index contributed by atoms with van der Waals surface area (Å²) < 4.78 is 0. The number of anilines is 2. The van der Waals surface area contributed by atoms with E-state index >= 15 is 0 Å². The summed E-state index contributed by atoms with van der Waals surface area (Å²) in [6, 6.07) is 14.2. The molecule has 33 heavy (non-hydrogen) atoms. The highest BCUT2D eigenvalue weighted by molar-refractivity contribution is 6.02. The van der Waals surface area contributed by atoms with Crippen LogP contribution in [0.3, 0.4) is 0 Å². The Morgan fingerprint density at radius 3 is 2.61 bits per heavy atom. The molecule has 1 heterocycles. The van der Waals surface area contributed by atoms with Crippen molar-refractivity contribution in [3.63, 3.8) is 0 Å². The van der Waals surface area contributed by atoms with Crippen LogP contribution in [0.15, 0.2) is 42.5 Å². The van der Waals surface area contributed by atoms with Crippen LogP contribution in [0, 0.1) is 0 Å². The zero-order chi connectivity index (χ0) is 23.0. The first-order valence-electron chi connectivity index (χ1n) is 12.5. The van der Waals surface area contributed by atoms with E-state index in [1.807, 2.05) is 18.2 Å². The molecule has 6 heteroatoms. The Hall–Kier alpha value is -3.02. The fourth-order valence-electron chi connectivity index (χ4n) is 4.84. The van der Waals surface area contributed by atoms with Gasteiger partial charge in [-0.1, -0.05) is 56.9 Å². The van der Waals surface area contributed by atoms with Gasteiger partial charge in [0.25, 0.3) is 5.91 Å². The monoisotopic (exact) mass is 448 g/mol. The number of urea groups is 1. The molecule has 1 aliphatic heterocycles. The molecule has 2 aromatic rings. The number of carbonyl (C=O) groups is 2. The first kappa shape index (κ1) is 23.1. The summed E-state index contributed by atoms with van der Waals surface area (Å²) in [5.74, 6) is -0.0502. The van der Waals surface area contributed by atoms with E-state index in [1.54, 1.807) is 0 Å². The molecule has 3 amide bonds. The molecule has 1 saturated carbocycles. The summed E-state index contributed by atoms with van der Waals surface area (Å²) in [5, 5.41) is 9.03. The summed E-state index contributed by atoms with van der Waals surface area (Å²) >= 11 is 0. The molecule has 0 unspecified atom stereocenters. The number of unbranched alkanes of at least 4 members (excludes halogenated alkanes) is 1. The van der Waals surface area contributed by atoms with Gasteiger partial charge in [0, 0.05) is 37.1 Å². The minimum atomic E-state index is -0.235. The van der Waals surface area contributed by atoms with Crippen molar-refractivity contribution >= 4 is 23.3 Å². The Morgan fingerprint density at radius 2 is 1.82 bits per heavy atom. The van der Waals surface area contributed by atoms with E-state index in [1.165, 1.54) is 30.4 Å². The van der Waals surface area contributed by atoms with Gasteiger partial charge in [-0.3, -0.25) is 4.79 Å². The minimum absolute atomic E-state index is 0.0502. The highest BCUT2D eigenvalue weighted by Gasteiger charge is 2.24.